The van der Waals surface area contributed by atoms with E-state index in [1.807, 2.05) is 27.2 Å². The second-order valence-corrected chi connectivity index (χ2v) is 24.6. The van der Waals surface area contributed by atoms with Gasteiger partial charge in [0.1, 0.15) is 19.3 Å². The number of aliphatic hydroxyl groups excluding tert-OH is 1. The first-order chi connectivity index (χ1) is 30.8. The van der Waals surface area contributed by atoms with Crippen LogP contribution in [0.4, 0.5) is 0 Å². The quantitative estimate of drug-likeness (QED) is 0.0231. The zero-order valence-corrected chi connectivity index (χ0v) is 43.8. The van der Waals surface area contributed by atoms with Gasteiger partial charge >= 0.3 is 5.97 Å². The number of amides is 1. The van der Waals surface area contributed by atoms with Crippen molar-refractivity contribution < 1.29 is 42.4 Å². The molecule has 0 aromatic rings. The topological polar surface area (TPSA) is 134 Å². The van der Waals surface area contributed by atoms with Crippen LogP contribution in [0.2, 0.25) is 0 Å². The SMILES string of the molecule is CCCCCCCCCCCCC/C=C/C(O)C(COP(=O)([O-])OCC[N+](C)(C)C)NC(=O)CCC(=O)O[C@H]1CC[C@@]2(C)C(=CC[C@H]3[C@@H]4CC[C@H]([C@H](C)CCCC(C)C)[C@@]4(C)CC[C@@H]32)C1. The molecule has 65 heavy (non-hydrogen) atoms. The fourth-order valence-corrected chi connectivity index (χ4v) is 13.4. The van der Waals surface area contributed by atoms with Gasteiger partial charge in [-0.1, -0.05) is 149 Å². The van der Waals surface area contributed by atoms with Gasteiger partial charge in [-0.3, -0.25) is 14.2 Å². The minimum Gasteiger partial charge on any atom is -0.756 e. The van der Waals surface area contributed by atoms with Crippen molar-refractivity contribution in [3.8, 4) is 0 Å². The summed E-state index contributed by atoms with van der Waals surface area (Å²) in [6, 6.07) is -1.06. The van der Waals surface area contributed by atoms with E-state index in [-0.39, 0.29) is 31.0 Å². The van der Waals surface area contributed by atoms with E-state index in [0.717, 1.165) is 74.5 Å². The van der Waals surface area contributed by atoms with E-state index in [4.69, 9.17) is 13.8 Å². The Labute approximate surface area is 397 Å². The average molecular weight is 933 g/mol. The number of allylic oxidation sites excluding steroid dienone is 2. The molecule has 0 aromatic carbocycles. The van der Waals surface area contributed by atoms with E-state index < -0.39 is 38.5 Å². The molecule has 0 radical (unpaired) electrons. The Balaban J connectivity index is 1.24. The summed E-state index contributed by atoms with van der Waals surface area (Å²) in [6.45, 7) is 14.5. The number of ether oxygens (including phenoxy) is 1. The van der Waals surface area contributed by atoms with Gasteiger partial charge in [0.15, 0.2) is 0 Å². The Morgan fingerprint density at radius 3 is 2.23 bits per heavy atom. The molecule has 4 aliphatic rings. The van der Waals surface area contributed by atoms with Crippen LogP contribution in [-0.4, -0.2) is 80.6 Å². The van der Waals surface area contributed by atoms with Crippen molar-refractivity contribution in [2.75, 3.05) is 40.9 Å². The van der Waals surface area contributed by atoms with Crippen molar-refractivity contribution >= 4 is 19.7 Å². The van der Waals surface area contributed by atoms with Crippen LogP contribution in [0.3, 0.4) is 0 Å². The zero-order chi connectivity index (χ0) is 47.7. The van der Waals surface area contributed by atoms with Gasteiger partial charge in [-0.2, -0.15) is 0 Å². The number of carbonyl (C=O) groups is 2. The molecule has 0 aromatic heterocycles. The lowest BCUT2D eigenvalue weighted by Crippen LogP contribution is -2.51. The molecule has 11 atom stereocenters. The molecule has 1 amide bonds. The van der Waals surface area contributed by atoms with Crippen LogP contribution in [-0.2, 0) is 27.9 Å². The third kappa shape index (κ3) is 18.0. The number of likely N-dealkylation sites (N-methyl/N-ethyl adjacent to an activating group) is 1. The first kappa shape index (κ1) is 56.0. The molecular formula is C54H97N2O8P. The molecule has 3 unspecified atom stereocenters. The van der Waals surface area contributed by atoms with Gasteiger partial charge in [-0.25, -0.2) is 0 Å². The number of nitrogens with one attached hydrogen (secondary N) is 1. The largest absolute Gasteiger partial charge is 0.756 e. The summed E-state index contributed by atoms with van der Waals surface area (Å²) in [6.07, 6.45) is 32.1. The summed E-state index contributed by atoms with van der Waals surface area (Å²) >= 11 is 0. The predicted molar refractivity (Wildman–Crippen MR) is 263 cm³/mol. The molecule has 0 spiro atoms. The molecule has 3 fully saturated rings. The van der Waals surface area contributed by atoms with Crippen molar-refractivity contribution in [3.63, 3.8) is 0 Å². The number of hydrogen-bond donors (Lipinski definition) is 2. The molecule has 0 heterocycles. The van der Waals surface area contributed by atoms with Gasteiger partial charge in [-0.05, 0) is 104 Å². The highest BCUT2D eigenvalue weighted by atomic mass is 31.2. The molecule has 11 heteroatoms. The van der Waals surface area contributed by atoms with Crippen molar-refractivity contribution in [3.05, 3.63) is 23.8 Å². The number of quaternary nitrogens is 1. The highest BCUT2D eigenvalue weighted by Crippen LogP contribution is 2.67. The van der Waals surface area contributed by atoms with Crippen LogP contribution in [0.5, 0.6) is 0 Å². The smallest absolute Gasteiger partial charge is 0.306 e. The Morgan fingerprint density at radius 2 is 1.57 bits per heavy atom. The van der Waals surface area contributed by atoms with Crippen molar-refractivity contribution in [1.29, 1.82) is 0 Å². The average Bonchev–Trinajstić information content (AvgIpc) is 3.60. The second kappa shape index (κ2) is 27.0. The number of carbonyl (C=O) groups excluding carboxylic acids is 2. The van der Waals surface area contributed by atoms with Crippen LogP contribution in [0.25, 0.3) is 0 Å². The standard InChI is InChI=1S/C54H97N2O8P/c1-10-11-12-13-14-15-16-17-18-19-20-21-22-26-50(57)49(40-63-65(60,61)62-38-37-56(7,8)9)55-51(58)31-32-52(59)64-44-33-35-53(5)43(39-44)27-28-45-47-30-29-46(42(4)25-23-24-41(2)3)54(47,6)36-34-48(45)53/h22,26-27,41-42,44-50,57H,10-21,23-25,28-40H2,1-9H3,(H-,55,58,60,61)/b26-22+/t42-,44+,45+,46-,47+,48+,49?,50?,53+,54-/m1/s1. The number of rotatable bonds is 31. The number of esters is 1. The molecule has 376 valence electrons. The van der Waals surface area contributed by atoms with Crippen LogP contribution in [0.1, 0.15) is 202 Å². The lowest BCUT2D eigenvalue weighted by atomic mass is 9.47. The molecule has 10 nitrogen and oxygen atoms in total. The van der Waals surface area contributed by atoms with E-state index >= 15 is 0 Å². The van der Waals surface area contributed by atoms with E-state index in [1.165, 1.54) is 108 Å². The van der Waals surface area contributed by atoms with Gasteiger partial charge < -0.3 is 33.6 Å². The van der Waals surface area contributed by atoms with Gasteiger partial charge in [0.05, 0.1) is 46.3 Å². The van der Waals surface area contributed by atoms with Crippen LogP contribution in [0.15, 0.2) is 23.8 Å². The normalized spacial score (nSPS) is 29.0. The molecule has 4 aliphatic carbocycles. The summed E-state index contributed by atoms with van der Waals surface area (Å²) in [5, 5.41) is 13.9. The van der Waals surface area contributed by atoms with E-state index in [1.54, 1.807) is 6.08 Å². The van der Waals surface area contributed by atoms with Crippen molar-refractivity contribution in [2.45, 2.75) is 220 Å². The maximum absolute atomic E-state index is 13.2. The molecule has 3 saturated carbocycles. The van der Waals surface area contributed by atoms with Crippen LogP contribution >= 0.6 is 7.82 Å². The Morgan fingerprint density at radius 1 is 0.892 bits per heavy atom. The third-order valence-electron chi connectivity index (χ3n) is 16.6. The number of aliphatic hydroxyl groups is 1. The molecule has 0 bridgehead atoms. The highest BCUT2D eigenvalue weighted by molar-refractivity contribution is 7.45. The maximum atomic E-state index is 13.2. The molecular weight excluding hydrogens is 836 g/mol. The second-order valence-electron chi connectivity index (χ2n) is 23.2. The number of unbranched alkanes of at least 4 members (excludes halogenated alkanes) is 11. The lowest BCUT2D eigenvalue weighted by molar-refractivity contribution is -0.870. The third-order valence-corrected chi connectivity index (χ3v) is 17.6. The van der Waals surface area contributed by atoms with Crippen LogP contribution in [0, 0.1) is 46.3 Å². The van der Waals surface area contributed by atoms with Gasteiger partial charge in [0.25, 0.3) is 7.82 Å². The number of hydrogen-bond acceptors (Lipinski definition) is 8. The van der Waals surface area contributed by atoms with E-state index in [2.05, 4.69) is 52.9 Å². The van der Waals surface area contributed by atoms with E-state index in [9.17, 15) is 24.2 Å². The molecule has 0 aliphatic heterocycles. The number of phosphoric acid groups is 1. The predicted octanol–water partition coefficient (Wildman–Crippen LogP) is 12.0. The minimum atomic E-state index is -4.70. The fourth-order valence-electron chi connectivity index (χ4n) is 12.6. The number of fused-ring (bicyclic) bond motifs is 5. The summed E-state index contributed by atoms with van der Waals surface area (Å²) in [7, 11) is 1.09. The Hall–Kier alpha value is -1.55. The van der Waals surface area contributed by atoms with E-state index in [0.29, 0.717) is 22.4 Å². The van der Waals surface area contributed by atoms with Gasteiger partial charge in [0, 0.05) is 12.8 Å². The summed E-state index contributed by atoms with van der Waals surface area (Å²) < 4.78 is 29.4. The maximum Gasteiger partial charge on any atom is 0.306 e. The van der Waals surface area contributed by atoms with Gasteiger partial charge in [-0.15, -0.1) is 0 Å². The van der Waals surface area contributed by atoms with Crippen LogP contribution < -0.4 is 10.2 Å². The fraction of sp³-hybridized carbons (Fsp3) is 0.889. The zero-order valence-electron chi connectivity index (χ0n) is 42.9. The van der Waals surface area contributed by atoms with Gasteiger partial charge in [0.2, 0.25) is 5.91 Å². The molecule has 4 rings (SSSR count). The first-order valence-electron chi connectivity index (χ1n) is 26.7. The first-order valence-corrected chi connectivity index (χ1v) is 28.2. The minimum absolute atomic E-state index is 0.0535. The highest BCUT2D eigenvalue weighted by Gasteiger charge is 2.59. The summed E-state index contributed by atoms with van der Waals surface area (Å²) in [5.41, 5.74) is 2.06. The summed E-state index contributed by atoms with van der Waals surface area (Å²) in [5.74, 6) is 3.75. The number of nitrogens with zero attached hydrogens (tertiary/aromatic N) is 1. The Kier molecular flexibility index (Phi) is 23.3. The molecule has 2 N–H and O–H groups in total. The Bertz CT molecular complexity index is 1540. The summed E-state index contributed by atoms with van der Waals surface area (Å²) in [4.78, 5) is 39.1. The monoisotopic (exact) mass is 933 g/mol. The van der Waals surface area contributed by atoms with Crippen molar-refractivity contribution in [2.24, 2.45) is 46.3 Å². The molecule has 0 saturated heterocycles. The van der Waals surface area contributed by atoms with Crippen molar-refractivity contribution in [1.82, 2.24) is 5.32 Å². The number of phosphoric ester groups is 1. The lowest BCUT2D eigenvalue weighted by Gasteiger charge is -2.58.